The number of likely N-dealkylation sites (N-methyl/N-ethyl adjacent to an activating group) is 1. The van der Waals surface area contributed by atoms with Gasteiger partial charge in [-0.05, 0) is 25.6 Å². The van der Waals surface area contributed by atoms with E-state index < -0.39 is 6.10 Å². The molecule has 0 aliphatic carbocycles. The maximum Gasteiger partial charge on any atom is 0.120 e. The molecule has 0 fully saturated rings. The zero-order valence-corrected chi connectivity index (χ0v) is 13.4. The molecule has 0 aliphatic heterocycles. The van der Waals surface area contributed by atoms with Crippen LogP contribution in [0.15, 0.2) is 24.3 Å². The Bertz CT molecular complexity index is 443. The quantitative estimate of drug-likeness (QED) is 0.497. The minimum Gasteiger partial charge on any atom is -0.491 e. The minimum absolute atomic E-state index is 0.232. The number of benzene rings is 1. The Morgan fingerprint density at radius 3 is 2.90 bits per heavy atom. The van der Waals surface area contributed by atoms with E-state index in [0.717, 1.165) is 25.1 Å². The van der Waals surface area contributed by atoms with E-state index in [-0.39, 0.29) is 6.61 Å². The van der Waals surface area contributed by atoms with Gasteiger partial charge < -0.3 is 25.2 Å². The molecule has 6 heteroatoms. The SMILES string of the molecule is COCCCN(C)CC(O)COc1cccc(C(N)=S)c1. The number of hydrogen-bond acceptors (Lipinski definition) is 5. The highest BCUT2D eigenvalue weighted by Crippen LogP contribution is 2.13. The average molecular weight is 312 g/mol. The Balaban J connectivity index is 2.33. The molecule has 0 radical (unpaired) electrons. The highest BCUT2D eigenvalue weighted by Gasteiger charge is 2.09. The van der Waals surface area contributed by atoms with Crippen molar-refractivity contribution in [2.75, 3.05) is 40.5 Å². The minimum atomic E-state index is -0.550. The largest absolute Gasteiger partial charge is 0.491 e. The van der Waals surface area contributed by atoms with Gasteiger partial charge in [0.1, 0.15) is 23.4 Å². The second-order valence-corrected chi connectivity index (χ2v) is 5.41. The van der Waals surface area contributed by atoms with Crippen LogP contribution in [0.4, 0.5) is 0 Å². The number of methoxy groups -OCH3 is 1. The molecule has 118 valence electrons. The summed E-state index contributed by atoms with van der Waals surface area (Å²) in [5.74, 6) is 0.654. The topological polar surface area (TPSA) is 68.0 Å². The molecule has 0 saturated carbocycles. The molecular weight excluding hydrogens is 288 g/mol. The molecule has 1 unspecified atom stereocenters. The van der Waals surface area contributed by atoms with Crippen molar-refractivity contribution in [3.8, 4) is 5.75 Å². The normalized spacial score (nSPS) is 12.4. The summed E-state index contributed by atoms with van der Waals surface area (Å²) in [5.41, 5.74) is 6.33. The van der Waals surface area contributed by atoms with Crippen LogP contribution in [0.1, 0.15) is 12.0 Å². The highest BCUT2D eigenvalue weighted by atomic mass is 32.1. The van der Waals surface area contributed by atoms with Gasteiger partial charge in [0.15, 0.2) is 0 Å². The number of aliphatic hydroxyl groups excluding tert-OH is 1. The number of nitrogens with zero attached hydrogens (tertiary/aromatic N) is 1. The van der Waals surface area contributed by atoms with E-state index in [4.69, 9.17) is 27.4 Å². The van der Waals surface area contributed by atoms with Crippen LogP contribution < -0.4 is 10.5 Å². The molecule has 0 spiro atoms. The van der Waals surface area contributed by atoms with E-state index in [1.54, 1.807) is 13.2 Å². The average Bonchev–Trinajstić information content (AvgIpc) is 2.45. The molecule has 0 amide bonds. The van der Waals surface area contributed by atoms with E-state index in [9.17, 15) is 5.11 Å². The molecule has 0 saturated heterocycles. The maximum absolute atomic E-state index is 9.97. The molecule has 5 nitrogen and oxygen atoms in total. The highest BCUT2D eigenvalue weighted by molar-refractivity contribution is 7.80. The van der Waals surface area contributed by atoms with Crippen LogP contribution in [0.25, 0.3) is 0 Å². The number of hydrogen-bond donors (Lipinski definition) is 2. The van der Waals surface area contributed by atoms with Crippen molar-refractivity contribution in [2.24, 2.45) is 5.73 Å². The van der Waals surface area contributed by atoms with Gasteiger partial charge in [-0.2, -0.15) is 0 Å². The summed E-state index contributed by atoms with van der Waals surface area (Å²) in [6.45, 7) is 2.39. The molecule has 0 bridgehead atoms. The fourth-order valence-corrected chi connectivity index (χ4v) is 2.04. The maximum atomic E-state index is 9.97. The zero-order chi connectivity index (χ0) is 15.7. The third-order valence-electron chi connectivity index (χ3n) is 2.97. The summed E-state index contributed by atoms with van der Waals surface area (Å²) in [4.78, 5) is 2.39. The molecule has 1 aromatic rings. The van der Waals surface area contributed by atoms with Crippen LogP contribution in [-0.4, -0.2) is 61.6 Å². The predicted molar refractivity (Wildman–Crippen MR) is 87.8 cm³/mol. The lowest BCUT2D eigenvalue weighted by Crippen LogP contribution is -2.34. The Hall–Kier alpha value is -1.21. The monoisotopic (exact) mass is 312 g/mol. The second-order valence-electron chi connectivity index (χ2n) is 4.97. The zero-order valence-electron chi connectivity index (χ0n) is 12.6. The van der Waals surface area contributed by atoms with Gasteiger partial charge in [0.2, 0.25) is 0 Å². The van der Waals surface area contributed by atoms with E-state index in [1.165, 1.54) is 0 Å². The first-order chi connectivity index (χ1) is 10.0. The molecular formula is C15H24N2O3S. The summed E-state index contributed by atoms with van der Waals surface area (Å²) in [7, 11) is 3.65. The van der Waals surface area contributed by atoms with Crippen molar-refractivity contribution in [3.63, 3.8) is 0 Å². The number of nitrogens with two attached hydrogens (primary N) is 1. The molecule has 1 aromatic carbocycles. The molecule has 0 aromatic heterocycles. The number of thiocarbonyl (C=S) groups is 1. The first-order valence-electron chi connectivity index (χ1n) is 6.91. The van der Waals surface area contributed by atoms with E-state index >= 15 is 0 Å². The number of aliphatic hydroxyl groups is 1. The van der Waals surface area contributed by atoms with Crippen LogP contribution in [0.5, 0.6) is 5.75 Å². The van der Waals surface area contributed by atoms with Gasteiger partial charge in [-0.15, -0.1) is 0 Å². The van der Waals surface area contributed by atoms with Gasteiger partial charge in [0.05, 0.1) is 0 Å². The second kappa shape index (κ2) is 9.68. The predicted octanol–water partition coefficient (Wildman–Crippen LogP) is 1.03. The lowest BCUT2D eigenvalue weighted by molar-refractivity contribution is 0.0731. The van der Waals surface area contributed by atoms with Crippen LogP contribution in [0.3, 0.4) is 0 Å². The van der Waals surface area contributed by atoms with Crippen molar-refractivity contribution >= 4 is 17.2 Å². The molecule has 3 N–H and O–H groups in total. The molecule has 0 heterocycles. The van der Waals surface area contributed by atoms with E-state index in [2.05, 4.69) is 4.90 Å². The Labute approximate surface area is 131 Å². The van der Waals surface area contributed by atoms with Gasteiger partial charge in [0, 0.05) is 32.4 Å². The van der Waals surface area contributed by atoms with E-state index in [0.29, 0.717) is 17.3 Å². The Kier molecular flexibility index (Phi) is 8.22. The number of rotatable bonds is 10. The van der Waals surface area contributed by atoms with Gasteiger partial charge >= 0.3 is 0 Å². The smallest absolute Gasteiger partial charge is 0.120 e. The summed E-state index contributed by atoms with van der Waals surface area (Å²) >= 11 is 4.92. The lowest BCUT2D eigenvalue weighted by Gasteiger charge is -2.20. The summed E-state index contributed by atoms with van der Waals surface area (Å²) in [6, 6.07) is 7.25. The fraction of sp³-hybridized carbons (Fsp3) is 0.533. The Morgan fingerprint density at radius 2 is 2.24 bits per heavy atom. The summed E-state index contributed by atoms with van der Waals surface area (Å²) in [5, 5.41) is 9.97. The van der Waals surface area contributed by atoms with Crippen molar-refractivity contribution in [1.82, 2.24) is 4.90 Å². The summed E-state index contributed by atoms with van der Waals surface area (Å²) < 4.78 is 10.6. The first kappa shape index (κ1) is 17.8. The fourth-order valence-electron chi connectivity index (χ4n) is 1.91. The number of ether oxygens (including phenoxy) is 2. The molecule has 1 atom stereocenters. The van der Waals surface area contributed by atoms with Crippen molar-refractivity contribution in [3.05, 3.63) is 29.8 Å². The van der Waals surface area contributed by atoms with Crippen LogP contribution in [-0.2, 0) is 4.74 Å². The standard InChI is InChI=1S/C15H24N2O3S/c1-17(7-4-8-19-2)10-13(18)11-20-14-6-3-5-12(9-14)15(16)21/h3,5-6,9,13,18H,4,7-8,10-11H2,1-2H3,(H2,16,21). The first-order valence-corrected chi connectivity index (χ1v) is 7.32. The van der Waals surface area contributed by atoms with Gasteiger partial charge in [-0.1, -0.05) is 24.4 Å². The van der Waals surface area contributed by atoms with Crippen molar-refractivity contribution in [1.29, 1.82) is 0 Å². The molecule has 1 rings (SSSR count). The molecule has 21 heavy (non-hydrogen) atoms. The van der Waals surface area contributed by atoms with Gasteiger partial charge in [-0.25, -0.2) is 0 Å². The van der Waals surface area contributed by atoms with Crippen molar-refractivity contribution < 1.29 is 14.6 Å². The van der Waals surface area contributed by atoms with Gasteiger partial charge in [-0.3, -0.25) is 0 Å². The van der Waals surface area contributed by atoms with Crippen LogP contribution >= 0.6 is 12.2 Å². The van der Waals surface area contributed by atoms with Crippen LogP contribution in [0, 0.1) is 0 Å². The third kappa shape index (κ3) is 7.38. The van der Waals surface area contributed by atoms with Gasteiger partial charge in [0.25, 0.3) is 0 Å². The van der Waals surface area contributed by atoms with Crippen molar-refractivity contribution in [2.45, 2.75) is 12.5 Å². The summed E-state index contributed by atoms with van der Waals surface area (Å²) in [6.07, 6.45) is 0.391. The third-order valence-corrected chi connectivity index (χ3v) is 3.21. The lowest BCUT2D eigenvalue weighted by atomic mass is 10.2. The van der Waals surface area contributed by atoms with E-state index in [1.807, 2.05) is 25.2 Å². The molecule has 0 aliphatic rings. The van der Waals surface area contributed by atoms with Crippen LogP contribution in [0.2, 0.25) is 0 Å². The Morgan fingerprint density at radius 1 is 1.48 bits per heavy atom.